The minimum atomic E-state index is -1.70. The molecule has 1 aromatic carbocycles. The minimum Gasteiger partial charge on any atom is -0.394 e. The molecular formula is C12H15ClN2O5. The quantitative estimate of drug-likeness (QED) is 0.434. The van der Waals surface area contributed by atoms with Crippen molar-refractivity contribution in [3.8, 4) is 0 Å². The van der Waals surface area contributed by atoms with E-state index in [1.165, 1.54) is 0 Å². The van der Waals surface area contributed by atoms with Gasteiger partial charge in [-0.05, 0) is 18.2 Å². The molecule has 2 rings (SSSR count). The van der Waals surface area contributed by atoms with Gasteiger partial charge < -0.3 is 30.5 Å². The van der Waals surface area contributed by atoms with Gasteiger partial charge >= 0.3 is 0 Å². The Morgan fingerprint density at radius 2 is 1.85 bits per heavy atom. The van der Waals surface area contributed by atoms with Gasteiger partial charge in [0.25, 0.3) is 0 Å². The van der Waals surface area contributed by atoms with Crippen LogP contribution >= 0.6 is 11.6 Å². The maximum Gasteiger partial charge on any atom is 0.140 e. The van der Waals surface area contributed by atoms with Crippen molar-refractivity contribution in [2.45, 2.75) is 24.4 Å². The second-order valence-corrected chi connectivity index (χ2v) is 4.90. The predicted octanol–water partition coefficient (Wildman–Crippen LogP) is -0.675. The molecule has 0 saturated carbocycles. The molecule has 0 radical (unpaired) electrons. The van der Waals surface area contributed by atoms with Gasteiger partial charge in [-0.25, -0.2) is 4.98 Å². The number of imidazole rings is 1. The molecule has 0 amide bonds. The second-order valence-electron chi connectivity index (χ2n) is 4.46. The minimum absolute atomic E-state index is 0.0268. The third kappa shape index (κ3) is 2.93. The lowest BCUT2D eigenvalue weighted by Crippen LogP contribution is -2.42. The van der Waals surface area contributed by atoms with Crippen LogP contribution in [0.15, 0.2) is 18.2 Å². The van der Waals surface area contributed by atoms with Gasteiger partial charge in [0.1, 0.15) is 30.2 Å². The highest BCUT2D eigenvalue weighted by Crippen LogP contribution is 2.23. The highest BCUT2D eigenvalue weighted by molar-refractivity contribution is 6.31. The first kappa shape index (κ1) is 15.2. The molecule has 0 saturated heterocycles. The Kier molecular flexibility index (Phi) is 4.59. The fourth-order valence-corrected chi connectivity index (χ4v) is 2.00. The van der Waals surface area contributed by atoms with E-state index in [4.69, 9.17) is 16.7 Å². The van der Waals surface area contributed by atoms with Gasteiger partial charge in [-0.15, -0.1) is 0 Å². The molecule has 20 heavy (non-hydrogen) atoms. The van der Waals surface area contributed by atoms with Crippen molar-refractivity contribution >= 4 is 22.6 Å². The zero-order valence-corrected chi connectivity index (χ0v) is 11.1. The number of hydrogen-bond donors (Lipinski definition) is 6. The van der Waals surface area contributed by atoms with E-state index >= 15 is 0 Å². The molecule has 7 nitrogen and oxygen atoms in total. The maximum absolute atomic E-state index is 9.94. The van der Waals surface area contributed by atoms with Gasteiger partial charge in [0.2, 0.25) is 0 Å². The summed E-state index contributed by atoms with van der Waals surface area (Å²) in [5.74, 6) is 0.0268. The SMILES string of the molecule is OC[C@H](O)[C@H](O)[C@@H](O)[C@H](O)c1nc2ccc(Cl)cc2[nH]1. The lowest BCUT2D eigenvalue weighted by molar-refractivity contribution is -0.117. The summed E-state index contributed by atoms with van der Waals surface area (Å²) in [6.45, 7) is -0.735. The lowest BCUT2D eigenvalue weighted by Gasteiger charge is -2.24. The Morgan fingerprint density at radius 3 is 2.50 bits per heavy atom. The van der Waals surface area contributed by atoms with Gasteiger partial charge in [0.15, 0.2) is 0 Å². The van der Waals surface area contributed by atoms with Crippen LogP contribution in [-0.4, -0.2) is 60.4 Å². The van der Waals surface area contributed by atoms with Crippen molar-refractivity contribution in [3.05, 3.63) is 29.0 Å². The average molecular weight is 303 g/mol. The molecule has 110 valence electrons. The van der Waals surface area contributed by atoms with E-state index in [0.29, 0.717) is 16.1 Å². The molecule has 0 aliphatic carbocycles. The number of nitrogens with zero attached hydrogens (tertiary/aromatic N) is 1. The summed E-state index contributed by atoms with van der Waals surface area (Å²) in [5.41, 5.74) is 1.10. The third-order valence-corrected chi connectivity index (χ3v) is 3.23. The molecule has 0 aliphatic rings. The number of aromatic nitrogens is 2. The van der Waals surface area contributed by atoms with Crippen LogP contribution in [0.2, 0.25) is 5.02 Å². The van der Waals surface area contributed by atoms with Crippen LogP contribution in [0, 0.1) is 0 Å². The monoisotopic (exact) mass is 302 g/mol. The van der Waals surface area contributed by atoms with E-state index < -0.39 is 31.0 Å². The number of benzene rings is 1. The summed E-state index contributed by atoms with van der Waals surface area (Å²) in [4.78, 5) is 6.83. The lowest BCUT2D eigenvalue weighted by atomic mass is 10.0. The zero-order valence-electron chi connectivity index (χ0n) is 10.3. The summed E-state index contributed by atoms with van der Waals surface area (Å²) in [5, 5.41) is 47.7. The highest BCUT2D eigenvalue weighted by Gasteiger charge is 2.32. The van der Waals surface area contributed by atoms with Crippen molar-refractivity contribution in [1.29, 1.82) is 0 Å². The standard InChI is InChI=1S/C12H15ClN2O5/c13-5-1-2-6-7(3-5)15-12(14-6)11(20)10(19)9(18)8(17)4-16/h1-3,8-11,16-20H,4H2,(H,14,15)/t8-,9-,10+,11-/m0/s1. The van der Waals surface area contributed by atoms with E-state index in [2.05, 4.69) is 9.97 Å². The number of fused-ring (bicyclic) bond motifs is 1. The Morgan fingerprint density at radius 1 is 1.15 bits per heavy atom. The molecule has 0 fully saturated rings. The number of aromatic amines is 1. The molecule has 8 heteroatoms. The Bertz CT molecular complexity index is 590. The summed E-state index contributed by atoms with van der Waals surface area (Å²) < 4.78 is 0. The summed E-state index contributed by atoms with van der Waals surface area (Å²) in [6, 6.07) is 4.86. The number of hydrogen-bond acceptors (Lipinski definition) is 6. The van der Waals surface area contributed by atoms with E-state index in [9.17, 15) is 20.4 Å². The first-order valence-electron chi connectivity index (χ1n) is 5.92. The van der Waals surface area contributed by atoms with E-state index in [1.54, 1.807) is 18.2 Å². The van der Waals surface area contributed by atoms with Crippen LogP contribution in [0.1, 0.15) is 11.9 Å². The average Bonchev–Trinajstić information content (AvgIpc) is 2.86. The molecule has 0 aliphatic heterocycles. The van der Waals surface area contributed by atoms with E-state index in [0.717, 1.165) is 0 Å². The molecule has 0 unspecified atom stereocenters. The summed E-state index contributed by atoms with van der Waals surface area (Å²) in [7, 11) is 0. The third-order valence-electron chi connectivity index (χ3n) is 3.00. The Hall–Kier alpha value is -1.22. The van der Waals surface area contributed by atoms with Gasteiger partial charge in [-0.2, -0.15) is 0 Å². The van der Waals surface area contributed by atoms with Crippen LogP contribution in [0.5, 0.6) is 0 Å². The normalized spacial score (nSPS) is 17.9. The van der Waals surface area contributed by atoms with Crippen molar-refractivity contribution in [1.82, 2.24) is 9.97 Å². The predicted molar refractivity (Wildman–Crippen MR) is 71.2 cm³/mol. The first-order chi connectivity index (χ1) is 9.43. The largest absolute Gasteiger partial charge is 0.394 e. The van der Waals surface area contributed by atoms with E-state index in [1.807, 2.05) is 0 Å². The van der Waals surface area contributed by atoms with Gasteiger partial charge in [-0.3, -0.25) is 0 Å². The molecule has 6 N–H and O–H groups in total. The number of halogens is 1. The van der Waals surface area contributed by atoms with Gasteiger partial charge in [-0.1, -0.05) is 11.6 Å². The fraction of sp³-hybridized carbons (Fsp3) is 0.417. The number of rotatable bonds is 5. The van der Waals surface area contributed by atoms with Crippen LogP contribution in [0.4, 0.5) is 0 Å². The molecule has 1 aromatic heterocycles. The van der Waals surface area contributed by atoms with Crippen LogP contribution in [0.25, 0.3) is 11.0 Å². The fourth-order valence-electron chi connectivity index (χ4n) is 1.83. The van der Waals surface area contributed by atoms with Crippen LogP contribution in [-0.2, 0) is 0 Å². The number of aliphatic hydroxyl groups is 5. The molecule has 2 aromatic rings. The Labute approximate surface area is 119 Å². The molecule has 0 spiro atoms. The summed E-state index contributed by atoms with van der Waals surface area (Å²) in [6.07, 6.45) is -6.50. The van der Waals surface area contributed by atoms with Crippen molar-refractivity contribution in [3.63, 3.8) is 0 Å². The van der Waals surface area contributed by atoms with Crippen molar-refractivity contribution < 1.29 is 25.5 Å². The second kappa shape index (κ2) is 6.04. The summed E-state index contributed by atoms with van der Waals surface area (Å²) >= 11 is 5.82. The number of nitrogens with one attached hydrogen (secondary N) is 1. The molecule has 4 atom stereocenters. The van der Waals surface area contributed by atoms with Crippen LogP contribution in [0.3, 0.4) is 0 Å². The smallest absolute Gasteiger partial charge is 0.140 e. The number of aliphatic hydroxyl groups excluding tert-OH is 5. The molecular weight excluding hydrogens is 288 g/mol. The van der Waals surface area contributed by atoms with Crippen molar-refractivity contribution in [2.75, 3.05) is 6.61 Å². The molecule has 0 bridgehead atoms. The van der Waals surface area contributed by atoms with Crippen LogP contribution < -0.4 is 0 Å². The zero-order chi connectivity index (χ0) is 14.9. The van der Waals surface area contributed by atoms with Gasteiger partial charge in [0, 0.05) is 5.02 Å². The highest BCUT2D eigenvalue weighted by atomic mass is 35.5. The first-order valence-corrected chi connectivity index (χ1v) is 6.30. The van der Waals surface area contributed by atoms with Crippen molar-refractivity contribution in [2.24, 2.45) is 0 Å². The molecule has 1 heterocycles. The Balaban J connectivity index is 2.24. The van der Waals surface area contributed by atoms with Gasteiger partial charge in [0.05, 0.1) is 17.6 Å². The van der Waals surface area contributed by atoms with E-state index in [-0.39, 0.29) is 5.82 Å². The number of H-pyrrole nitrogens is 1. The maximum atomic E-state index is 9.94. The topological polar surface area (TPSA) is 130 Å².